The molecule has 116 valence electrons. The maximum atomic E-state index is 11.6. The van der Waals surface area contributed by atoms with Crippen molar-refractivity contribution in [2.45, 2.75) is 25.9 Å². The van der Waals surface area contributed by atoms with E-state index < -0.39 is 0 Å². The lowest BCUT2D eigenvalue weighted by Gasteiger charge is -2.17. The average Bonchev–Trinajstić information content (AvgIpc) is 3.03. The Hall–Kier alpha value is -2.30. The van der Waals surface area contributed by atoms with Crippen molar-refractivity contribution < 1.29 is 14.1 Å². The van der Waals surface area contributed by atoms with Gasteiger partial charge in [-0.25, -0.2) is 13.9 Å². The van der Waals surface area contributed by atoms with Crippen LogP contribution in [-0.4, -0.2) is 34.8 Å². The number of likely N-dealkylation sites (N-methyl/N-ethyl adjacent to an activating group) is 1. The Bertz CT molecular complexity index is 651. The molecule has 1 amide bonds. The van der Waals surface area contributed by atoms with Crippen molar-refractivity contribution in [2.24, 2.45) is 7.05 Å². The summed E-state index contributed by atoms with van der Waals surface area (Å²) in [6.07, 6.45) is 4.87. The Morgan fingerprint density at radius 3 is 2.82 bits per heavy atom. The lowest BCUT2D eigenvalue weighted by molar-refractivity contribution is -0.688. The first kappa shape index (κ1) is 14.6. The van der Waals surface area contributed by atoms with Crippen molar-refractivity contribution in [3.05, 3.63) is 54.1 Å². The third-order valence-corrected chi connectivity index (χ3v) is 4.16. The third kappa shape index (κ3) is 2.98. The predicted molar refractivity (Wildman–Crippen MR) is 82.4 cm³/mol. The number of carbonyl (C=O) groups excluding carboxylic acids is 1. The van der Waals surface area contributed by atoms with Gasteiger partial charge in [-0.05, 0) is 12.5 Å². The molecule has 0 saturated carbocycles. The van der Waals surface area contributed by atoms with E-state index in [9.17, 15) is 4.79 Å². The fourth-order valence-electron chi connectivity index (χ4n) is 2.98. The molecule has 1 aromatic heterocycles. The zero-order chi connectivity index (χ0) is 15.5. The standard InChI is InChI=1S/C17H22N3O2/c1-3-20-16(12-22-17(20)21)9-15-11-19(13-18(15)2)10-14-7-5-4-6-8-14/h4-8,11,13,16H,3,9-10,12H2,1-2H3/q+1. The van der Waals surface area contributed by atoms with Gasteiger partial charge >= 0.3 is 6.09 Å². The Morgan fingerprint density at radius 1 is 1.32 bits per heavy atom. The minimum absolute atomic E-state index is 0.135. The second-order valence-corrected chi connectivity index (χ2v) is 5.73. The molecule has 0 aliphatic carbocycles. The quantitative estimate of drug-likeness (QED) is 0.789. The van der Waals surface area contributed by atoms with Gasteiger partial charge in [-0.1, -0.05) is 30.3 Å². The second-order valence-electron chi connectivity index (χ2n) is 5.73. The first-order valence-corrected chi connectivity index (χ1v) is 7.69. The lowest BCUT2D eigenvalue weighted by Crippen LogP contribution is -2.35. The lowest BCUT2D eigenvalue weighted by atomic mass is 10.1. The van der Waals surface area contributed by atoms with Gasteiger partial charge in [0, 0.05) is 13.0 Å². The van der Waals surface area contributed by atoms with Crippen LogP contribution in [-0.2, 0) is 24.8 Å². The first-order chi connectivity index (χ1) is 10.7. The van der Waals surface area contributed by atoms with Crippen LogP contribution in [0.2, 0.25) is 0 Å². The van der Waals surface area contributed by atoms with Gasteiger partial charge in [-0.15, -0.1) is 0 Å². The van der Waals surface area contributed by atoms with Crippen LogP contribution in [0.4, 0.5) is 4.79 Å². The summed E-state index contributed by atoms with van der Waals surface area (Å²) < 4.78 is 9.46. The molecule has 1 aromatic carbocycles. The summed E-state index contributed by atoms with van der Waals surface area (Å²) in [7, 11) is 2.05. The van der Waals surface area contributed by atoms with Crippen LogP contribution in [0.15, 0.2) is 42.9 Å². The molecule has 5 heteroatoms. The van der Waals surface area contributed by atoms with Crippen LogP contribution >= 0.6 is 0 Å². The van der Waals surface area contributed by atoms with Crippen molar-refractivity contribution in [2.75, 3.05) is 13.2 Å². The number of aromatic nitrogens is 2. The fraction of sp³-hybridized carbons (Fsp3) is 0.412. The minimum Gasteiger partial charge on any atom is -0.447 e. The largest absolute Gasteiger partial charge is 0.447 e. The number of carbonyl (C=O) groups is 1. The normalized spacial score (nSPS) is 17.8. The third-order valence-electron chi connectivity index (χ3n) is 4.16. The van der Waals surface area contributed by atoms with Gasteiger partial charge < -0.3 is 9.64 Å². The highest BCUT2D eigenvalue weighted by atomic mass is 16.6. The van der Waals surface area contributed by atoms with E-state index in [0.717, 1.165) is 13.0 Å². The Kier molecular flexibility index (Phi) is 4.13. The molecule has 0 spiro atoms. The van der Waals surface area contributed by atoms with Crippen molar-refractivity contribution >= 4 is 6.09 Å². The number of hydrogen-bond acceptors (Lipinski definition) is 2. The molecule has 1 aliphatic rings. The molecule has 3 rings (SSSR count). The SMILES string of the molecule is CCN1C(=O)OCC1Cc1c[n+](Cc2ccccc2)cn1C. The molecule has 1 unspecified atom stereocenters. The van der Waals surface area contributed by atoms with E-state index >= 15 is 0 Å². The fourth-order valence-corrected chi connectivity index (χ4v) is 2.98. The van der Waals surface area contributed by atoms with Crippen LogP contribution in [0.3, 0.4) is 0 Å². The predicted octanol–water partition coefficient (Wildman–Crippen LogP) is 1.74. The summed E-state index contributed by atoms with van der Waals surface area (Å²) in [5.74, 6) is 0. The van der Waals surface area contributed by atoms with Gasteiger partial charge in [0.05, 0.1) is 13.1 Å². The number of aryl methyl sites for hydroxylation is 1. The minimum atomic E-state index is -0.195. The van der Waals surface area contributed by atoms with Crippen LogP contribution < -0.4 is 4.57 Å². The Balaban J connectivity index is 1.71. The molecule has 0 bridgehead atoms. The summed E-state index contributed by atoms with van der Waals surface area (Å²) >= 11 is 0. The maximum Gasteiger partial charge on any atom is 0.410 e. The number of nitrogens with zero attached hydrogens (tertiary/aromatic N) is 3. The smallest absolute Gasteiger partial charge is 0.410 e. The molecule has 0 N–H and O–H groups in total. The summed E-state index contributed by atoms with van der Waals surface area (Å²) in [6.45, 7) is 4.01. The maximum absolute atomic E-state index is 11.6. The number of amides is 1. The number of cyclic esters (lactones) is 1. The van der Waals surface area contributed by atoms with E-state index in [4.69, 9.17) is 4.74 Å². The highest BCUT2D eigenvalue weighted by Crippen LogP contribution is 2.16. The van der Waals surface area contributed by atoms with E-state index in [1.165, 1.54) is 11.3 Å². The number of benzene rings is 1. The average molecular weight is 300 g/mol. The van der Waals surface area contributed by atoms with E-state index in [1.54, 1.807) is 4.90 Å². The van der Waals surface area contributed by atoms with Gasteiger partial charge in [0.15, 0.2) is 0 Å². The van der Waals surface area contributed by atoms with Crippen LogP contribution in [0.5, 0.6) is 0 Å². The van der Waals surface area contributed by atoms with Gasteiger partial charge in [0.25, 0.3) is 0 Å². The van der Waals surface area contributed by atoms with Crippen molar-refractivity contribution in [3.8, 4) is 0 Å². The Labute approximate surface area is 130 Å². The van der Waals surface area contributed by atoms with Crippen LogP contribution in [0.1, 0.15) is 18.2 Å². The van der Waals surface area contributed by atoms with Crippen LogP contribution in [0, 0.1) is 0 Å². The number of imidazole rings is 1. The van der Waals surface area contributed by atoms with Crippen molar-refractivity contribution in [1.82, 2.24) is 9.47 Å². The first-order valence-electron chi connectivity index (χ1n) is 7.69. The Morgan fingerprint density at radius 2 is 2.09 bits per heavy atom. The summed E-state index contributed by atoms with van der Waals surface area (Å²) in [5, 5.41) is 0. The van der Waals surface area contributed by atoms with Crippen LogP contribution in [0.25, 0.3) is 0 Å². The van der Waals surface area contributed by atoms with Crippen molar-refractivity contribution in [1.29, 1.82) is 0 Å². The molecule has 1 aliphatic heterocycles. The molecular formula is C17H22N3O2+. The molecule has 1 fully saturated rings. The van der Waals surface area contributed by atoms with Gasteiger partial charge in [-0.3, -0.25) is 0 Å². The number of ether oxygens (including phenoxy) is 1. The zero-order valence-corrected chi connectivity index (χ0v) is 13.1. The highest BCUT2D eigenvalue weighted by molar-refractivity contribution is 5.70. The molecule has 5 nitrogen and oxygen atoms in total. The highest BCUT2D eigenvalue weighted by Gasteiger charge is 2.33. The monoisotopic (exact) mass is 300 g/mol. The topological polar surface area (TPSA) is 38.4 Å². The van der Waals surface area contributed by atoms with Gasteiger partial charge in [0.2, 0.25) is 6.33 Å². The van der Waals surface area contributed by atoms with Gasteiger partial charge in [0.1, 0.15) is 25.0 Å². The number of hydrogen-bond donors (Lipinski definition) is 0. The molecule has 0 radical (unpaired) electrons. The summed E-state index contributed by atoms with van der Waals surface area (Å²) in [6, 6.07) is 10.5. The second kappa shape index (κ2) is 6.22. The number of rotatable bonds is 5. The molecule has 2 heterocycles. The van der Waals surface area contributed by atoms with Gasteiger partial charge in [-0.2, -0.15) is 0 Å². The molecule has 1 atom stereocenters. The zero-order valence-electron chi connectivity index (χ0n) is 13.1. The van der Waals surface area contributed by atoms with E-state index in [0.29, 0.717) is 13.2 Å². The van der Waals surface area contributed by atoms with E-state index in [2.05, 4.69) is 45.9 Å². The van der Waals surface area contributed by atoms with Crippen molar-refractivity contribution in [3.63, 3.8) is 0 Å². The summed E-state index contributed by atoms with van der Waals surface area (Å²) in [5.41, 5.74) is 2.48. The van der Waals surface area contributed by atoms with E-state index in [1.807, 2.05) is 20.0 Å². The van der Waals surface area contributed by atoms with E-state index in [-0.39, 0.29) is 12.1 Å². The molecular weight excluding hydrogens is 278 g/mol. The molecule has 2 aromatic rings. The molecule has 1 saturated heterocycles. The summed E-state index contributed by atoms with van der Waals surface area (Å²) in [4.78, 5) is 13.4. The molecule has 22 heavy (non-hydrogen) atoms.